The van der Waals surface area contributed by atoms with Gasteiger partial charge in [-0.05, 0) is 43.9 Å². The highest BCUT2D eigenvalue weighted by Gasteiger charge is 2.41. The van der Waals surface area contributed by atoms with Crippen molar-refractivity contribution >= 4 is 34.1 Å². The van der Waals surface area contributed by atoms with Crippen molar-refractivity contribution in [2.24, 2.45) is 17.8 Å². The van der Waals surface area contributed by atoms with Gasteiger partial charge in [-0.25, -0.2) is 19.2 Å². The summed E-state index contributed by atoms with van der Waals surface area (Å²) in [6.07, 6.45) is 2.48. The summed E-state index contributed by atoms with van der Waals surface area (Å²) in [5.41, 5.74) is 8.65. The smallest absolute Gasteiger partial charge is 0.412 e. The van der Waals surface area contributed by atoms with E-state index in [-0.39, 0.29) is 11.6 Å². The number of piperidine rings is 1. The third-order valence-corrected chi connectivity index (χ3v) is 8.42. The molecule has 11 heteroatoms. The Morgan fingerprint density at radius 1 is 1.23 bits per heavy atom. The molecule has 10 nitrogen and oxygen atoms in total. The zero-order valence-corrected chi connectivity index (χ0v) is 23.0. The van der Waals surface area contributed by atoms with Crippen LogP contribution in [-0.2, 0) is 9.47 Å². The number of anilines is 3. The minimum atomic E-state index is -0.576. The number of ether oxygens (including phenoxy) is 3. The standard InChI is InChI=1S/C29H35FN6O4/c1-15(2)36-10-18-12-38-13-19(11-36)23(18)14-40-29(37)35-24-7-17-6-20(25(30)26(31)22(17)9-33-24)21-8-34-28-27(16(21)3)32-4-5-39-28/h6-9,15,18-19,23,32H,4-5,10-14,31H2,1-3H3,(H,33,35,37). The maximum atomic E-state index is 15.4. The summed E-state index contributed by atoms with van der Waals surface area (Å²) >= 11 is 0. The lowest BCUT2D eigenvalue weighted by molar-refractivity contribution is -0.103. The van der Waals surface area contributed by atoms with Crippen molar-refractivity contribution in [1.82, 2.24) is 14.9 Å². The molecule has 0 saturated carbocycles. The van der Waals surface area contributed by atoms with E-state index in [1.165, 1.54) is 6.20 Å². The summed E-state index contributed by atoms with van der Waals surface area (Å²) < 4.78 is 32.5. The van der Waals surface area contributed by atoms with Gasteiger partial charge in [-0.1, -0.05) is 0 Å². The highest BCUT2D eigenvalue weighted by Crippen LogP contribution is 2.40. The summed E-state index contributed by atoms with van der Waals surface area (Å²) in [7, 11) is 0. The van der Waals surface area contributed by atoms with E-state index in [1.807, 2.05) is 6.92 Å². The molecule has 3 aromatic rings. The Balaban J connectivity index is 1.19. The predicted octanol–water partition coefficient (Wildman–Crippen LogP) is 4.28. The lowest BCUT2D eigenvalue weighted by Gasteiger charge is -2.48. The maximum absolute atomic E-state index is 15.4. The fraction of sp³-hybridized carbons (Fsp3) is 0.483. The van der Waals surface area contributed by atoms with E-state index >= 15 is 4.39 Å². The molecule has 1 aromatic carbocycles. The number of amides is 1. The van der Waals surface area contributed by atoms with E-state index in [2.05, 4.69) is 39.3 Å². The molecular weight excluding hydrogens is 515 g/mol. The number of carbonyl (C=O) groups is 1. The molecule has 2 atom stereocenters. The van der Waals surface area contributed by atoms with Crippen molar-refractivity contribution in [1.29, 1.82) is 0 Å². The lowest BCUT2D eigenvalue weighted by Crippen LogP contribution is -2.55. The predicted molar refractivity (Wildman–Crippen MR) is 151 cm³/mol. The summed E-state index contributed by atoms with van der Waals surface area (Å²) in [5, 5.41) is 7.09. The van der Waals surface area contributed by atoms with Crippen LogP contribution in [0.2, 0.25) is 0 Å². The molecule has 2 saturated heterocycles. The van der Waals surface area contributed by atoms with Gasteiger partial charge in [0, 0.05) is 72.3 Å². The molecule has 2 fully saturated rings. The zero-order valence-electron chi connectivity index (χ0n) is 23.0. The van der Waals surface area contributed by atoms with Gasteiger partial charge >= 0.3 is 6.09 Å². The van der Waals surface area contributed by atoms with E-state index in [0.717, 1.165) is 24.3 Å². The molecule has 212 valence electrons. The third-order valence-electron chi connectivity index (χ3n) is 8.42. The molecule has 0 spiro atoms. The quantitative estimate of drug-likeness (QED) is 0.399. The van der Waals surface area contributed by atoms with E-state index in [0.29, 0.717) is 84.4 Å². The first kappa shape index (κ1) is 26.5. The molecule has 6 rings (SSSR count). The average Bonchev–Trinajstić information content (AvgIpc) is 2.94. The van der Waals surface area contributed by atoms with Crippen LogP contribution in [0.15, 0.2) is 24.5 Å². The van der Waals surface area contributed by atoms with Gasteiger partial charge in [0.25, 0.3) is 0 Å². The van der Waals surface area contributed by atoms with Crippen LogP contribution in [0.5, 0.6) is 5.88 Å². The van der Waals surface area contributed by atoms with Gasteiger partial charge in [-0.2, -0.15) is 0 Å². The molecule has 1 amide bonds. The van der Waals surface area contributed by atoms with Gasteiger partial charge in [-0.3, -0.25) is 5.32 Å². The number of halogens is 1. The van der Waals surface area contributed by atoms with Crippen molar-refractivity contribution in [3.05, 3.63) is 35.9 Å². The van der Waals surface area contributed by atoms with Crippen molar-refractivity contribution < 1.29 is 23.4 Å². The first-order valence-electron chi connectivity index (χ1n) is 13.8. The van der Waals surface area contributed by atoms with E-state index in [1.54, 1.807) is 18.3 Å². The number of hydrogen-bond donors (Lipinski definition) is 3. The van der Waals surface area contributed by atoms with Gasteiger partial charge in [0.1, 0.15) is 18.1 Å². The molecule has 3 aliphatic heterocycles. The van der Waals surface area contributed by atoms with Crippen LogP contribution in [0, 0.1) is 30.5 Å². The number of nitrogens with zero attached hydrogens (tertiary/aromatic N) is 3. The van der Waals surface area contributed by atoms with Crippen LogP contribution in [-0.4, -0.2) is 73.1 Å². The van der Waals surface area contributed by atoms with Crippen molar-refractivity contribution in [3.8, 4) is 17.0 Å². The van der Waals surface area contributed by atoms with Gasteiger partial charge in [-0.15, -0.1) is 0 Å². The van der Waals surface area contributed by atoms with Crippen LogP contribution < -0.4 is 21.1 Å². The molecule has 0 aliphatic carbocycles. The van der Waals surface area contributed by atoms with Crippen molar-refractivity contribution in [2.45, 2.75) is 26.8 Å². The van der Waals surface area contributed by atoms with E-state index in [9.17, 15) is 4.79 Å². The molecule has 0 radical (unpaired) electrons. The molecular formula is C29H35FN6O4. The Labute approximate surface area is 232 Å². The number of nitrogens with one attached hydrogen (secondary N) is 2. The SMILES string of the molecule is Cc1c(-c2cc3cc(NC(=O)OCC4C5COCC4CN(C(C)C)C5)ncc3c(N)c2F)cnc2c1NCCO2. The summed E-state index contributed by atoms with van der Waals surface area (Å²) in [4.78, 5) is 23.9. The Morgan fingerprint density at radius 3 is 2.75 bits per heavy atom. The number of pyridine rings is 2. The second-order valence-corrected chi connectivity index (χ2v) is 11.2. The van der Waals surface area contributed by atoms with Crippen molar-refractivity contribution in [3.63, 3.8) is 0 Å². The highest BCUT2D eigenvalue weighted by molar-refractivity contribution is 5.99. The number of likely N-dealkylation sites (tertiary alicyclic amines) is 1. The van der Waals surface area contributed by atoms with Crippen LogP contribution in [0.25, 0.3) is 21.9 Å². The fourth-order valence-corrected chi connectivity index (χ4v) is 6.12. The Hall–Kier alpha value is -3.70. The van der Waals surface area contributed by atoms with Gasteiger partial charge in [0.05, 0.1) is 25.5 Å². The molecule has 4 N–H and O–H groups in total. The topological polar surface area (TPSA) is 124 Å². The molecule has 2 aromatic heterocycles. The van der Waals surface area contributed by atoms with Crippen molar-refractivity contribution in [2.75, 3.05) is 62.4 Å². The van der Waals surface area contributed by atoms with Crippen LogP contribution in [0.1, 0.15) is 19.4 Å². The summed E-state index contributed by atoms with van der Waals surface area (Å²) in [5.74, 6) is 1.18. The van der Waals surface area contributed by atoms with E-state index < -0.39 is 11.9 Å². The minimum Gasteiger partial charge on any atom is -0.474 e. The minimum absolute atomic E-state index is 0.0167. The first-order valence-corrected chi connectivity index (χ1v) is 13.8. The third kappa shape index (κ3) is 4.88. The molecule has 5 heterocycles. The molecule has 40 heavy (non-hydrogen) atoms. The van der Waals surface area contributed by atoms with Crippen LogP contribution in [0.3, 0.4) is 0 Å². The molecule has 2 unspecified atom stereocenters. The second-order valence-electron chi connectivity index (χ2n) is 11.2. The molecule has 3 aliphatic rings. The number of nitrogen functional groups attached to an aromatic ring is 1. The number of fused-ring (bicyclic) bond motifs is 4. The van der Waals surface area contributed by atoms with Gasteiger partial charge in [0.2, 0.25) is 5.88 Å². The van der Waals surface area contributed by atoms with E-state index in [4.69, 9.17) is 19.9 Å². The highest BCUT2D eigenvalue weighted by atomic mass is 19.1. The lowest BCUT2D eigenvalue weighted by atomic mass is 9.76. The fourth-order valence-electron chi connectivity index (χ4n) is 6.12. The molecule has 2 bridgehead atoms. The largest absolute Gasteiger partial charge is 0.474 e. The number of carbonyl (C=O) groups excluding carboxylic acids is 1. The summed E-state index contributed by atoms with van der Waals surface area (Å²) in [6, 6.07) is 3.85. The maximum Gasteiger partial charge on any atom is 0.412 e. The Kier molecular flexibility index (Phi) is 7.09. The van der Waals surface area contributed by atoms with Crippen LogP contribution in [0.4, 0.5) is 26.4 Å². The monoisotopic (exact) mass is 550 g/mol. The average molecular weight is 551 g/mol. The van der Waals surface area contributed by atoms with Gasteiger partial charge in [0.15, 0.2) is 5.82 Å². The summed E-state index contributed by atoms with van der Waals surface area (Å²) in [6.45, 7) is 11.1. The van der Waals surface area contributed by atoms with Crippen LogP contribution >= 0.6 is 0 Å². The van der Waals surface area contributed by atoms with Gasteiger partial charge < -0.3 is 30.2 Å². The Morgan fingerprint density at radius 2 is 2.00 bits per heavy atom. The number of aromatic nitrogens is 2. The number of benzene rings is 1. The second kappa shape index (κ2) is 10.7. The number of hydrogen-bond acceptors (Lipinski definition) is 9. The number of rotatable bonds is 5. The number of nitrogens with two attached hydrogens (primary N) is 1. The zero-order chi connectivity index (χ0) is 28.0. The first-order chi connectivity index (χ1) is 19.3. The Bertz CT molecular complexity index is 1440. The normalized spacial score (nSPS) is 22.4.